The van der Waals surface area contributed by atoms with Crippen LogP contribution >= 0.6 is 0 Å². The summed E-state index contributed by atoms with van der Waals surface area (Å²) in [6, 6.07) is 0. The van der Waals surface area contributed by atoms with Gasteiger partial charge in [-0.1, -0.05) is 20.3 Å². The van der Waals surface area contributed by atoms with Gasteiger partial charge in [-0.3, -0.25) is 4.79 Å². The first-order valence-corrected chi connectivity index (χ1v) is 4.78. The van der Waals surface area contributed by atoms with Crippen molar-refractivity contribution in [2.75, 3.05) is 13.2 Å². The third kappa shape index (κ3) is 11.4. The number of hydrogen-bond acceptors (Lipinski definition) is 2. The van der Waals surface area contributed by atoms with Crippen LogP contribution in [0.3, 0.4) is 0 Å². The summed E-state index contributed by atoms with van der Waals surface area (Å²) in [5, 5.41) is 0. The van der Waals surface area contributed by atoms with Gasteiger partial charge >= 0.3 is 0 Å². The van der Waals surface area contributed by atoms with Gasteiger partial charge in [0.05, 0.1) is 6.61 Å². The lowest BCUT2D eigenvalue weighted by Crippen LogP contribution is -2.09. The highest BCUT2D eigenvalue weighted by Gasteiger charge is 1.96. The third-order valence-electron chi connectivity index (χ3n) is 1.60. The van der Waals surface area contributed by atoms with Gasteiger partial charge < -0.3 is 10.5 Å². The van der Waals surface area contributed by atoms with Gasteiger partial charge in [-0.2, -0.15) is 0 Å². The van der Waals surface area contributed by atoms with Gasteiger partial charge in [0, 0.05) is 13.0 Å². The van der Waals surface area contributed by atoms with Crippen molar-refractivity contribution in [2.45, 2.75) is 39.5 Å². The van der Waals surface area contributed by atoms with Crippen LogP contribution in [0, 0.1) is 5.92 Å². The smallest absolute Gasteiger partial charge is 0.217 e. The largest absolute Gasteiger partial charge is 0.381 e. The van der Waals surface area contributed by atoms with Crippen LogP contribution in [-0.2, 0) is 9.53 Å². The fourth-order valence-corrected chi connectivity index (χ4v) is 0.956. The predicted molar refractivity (Wildman–Crippen MR) is 53.1 cm³/mol. The Bertz CT molecular complexity index is 135. The number of ether oxygens (including phenoxy) is 1. The zero-order valence-electron chi connectivity index (χ0n) is 8.64. The number of rotatable bonds is 8. The highest BCUT2D eigenvalue weighted by atomic mass is 16.5. The van der Waals surface area contributed by atoms with Gasteiger partial charge in [0.1, 0.15) is 0 Å². The summed E-state index contributed by atoms with van der Waals surface area (Å²) in [5.41, 5.74) is 5.00. The van der Waals surface area contributed by atoms with E-state index in [2.05, 4.69) is 0 Å². The molecule has 0 fully saturated rings. The number of primary amides is 1. The van der Waals surface area contributed by atoms with Crippen molar-refractivity contribution in [1.29, 1.82) is 0 Å². The lowest BCUT2D eigenvalue weighted by atomic mass is 10.2. The monoisotopic (exact) mass is 186 g/mol. The van der Waals surface area contributed by atoms with Crippen LogP contribution in [0.1, 0.15) is 39.5 Å². The standard InChI is InChI=1S/C10H20NO2/c1-9(2)8-13-7-5-3-4-6-10(11)12/h3-8H2,1-2H3,(H2,11,12). The molecule has 0 aromatic heterocycles. The number of unbranched alkanes of at least 4 members (excludes halogenated alkanes) is 2. The Morgan fingerprint density at radius 2 is 1.92 bits per heavy atom. The van der Waals surface area contributed by atoms with Crippen molar-refractivity contribution >= 4 is 5.91 Å². The van der Waals surface area contributed by atoms with E-state index in [9.17, 15) is 4.79 Å². The van der Waals surface area contributed by atoms with Crippen molar-refractivity contribution in [3.8, 4) is 0 Å². The predicted octanol–water partition coefficient (Wildman–Crippen LogP) is 1.66. The van der Waals surface area contributed by atoms with Gasteiger partial charge in [0.25, 0.3) is 0 Å². The maximum Gasteiger partial charge on any atom is 0.217 e. The minimum Gasteiger partial charge on any atom is -0.381 e. The zero-order valence-corrected chi connectivity index (χ0v) is 8.64. The Morgan fingerprint density at radius 1 is 1.23 bits per heavy atom. The second-order valence-corrected chi connectivity index (χ2v) is 3.54. The molecule has 0 aliphatic rings. The summed E-state index contributed by atoms with van der Waals surface area (Å²) in [4.78, 5) is 10.4. The molecule has 0 aliphatic heterocycles. The van der Waals surface area contributed by atoms with Crippen LogP contribution in [0.4, 0.5) is 0 Å². The summed E-state index contributed by atoms with van der Waals surface area (Å²) in [5.74, 6) is 1.08. The molecule has 13 heavy (non-hydrogen) atoms. The summed E-state index contributed by atoms with van der Waals surface area (Å²) in [6.45, 7) is 5.62. The van der Waals surface area contributed by atoms with Gasteiger partial charge in [0.15, 0.2) is 0 Å². The number of nitrogens with two attached hydrogens (primary N) is 1. The summed E-state index contributed by atoms with van der Waals surface area (Å²) in [7, 11) is 0. The molecule has 3 heteroatoms. The van der Waals surface area contributed by atoms with Crippen LogP contribution in [0.15, 0.2) is 0 Å². The lowest BCUT2D eigenvalue weighted by Gasteiger charge is -2.05. The van der Waals surface area contributed by atoms with E-state index in [4.69, 9.17) is 10.5 Å². The van der Waals surface area contributed by atoms with E-state index < -0.39 is 0 Å². The van der Waals surface area contributed by atoms with E-state index in [1.807, 2.05) is 13.8 Å². The Hall–Kier alpha value is -0.570. The highest BCUT2D eigenvalue weighted by Crippen LogP contribution is 2.01. The maximum atomic E-state index is 10.4. The topological polar surface area (TPSA) is 52.3 Å². The first-order valence-electron chi connectivity index (χ1n) is 4.78. The molecule has 0 aliphatic carbocycles. The van der Waals surface area contributed by atoms with Gasteiger partial charge in [0.2, 0.25) is 5.91 Å². The molecule has 0 rings (SSSR count). The first-order chi connectivity index (χ1) is 6.13. The quantitative estimate of drug-likeness (QED) is 0.586. The van der Waals surface area contributed by atoms with E-state index in [0.29, 0.717) is 6.42 Å². The molecule has 3 nitrogen and oxygen atoms in total. The first kappa shape index (κ1) is 12.4. The molecule has 1 radical (unpaired) electrons. The minimum absolute atomic E-state index is 0.210. The molecule has 77 valence electrons. The van der Waals surface area contributed by atoms with Crippen molar-refractivity contribution in [3.05, 3.63) is 5.92 Å². The molecule has 0 atom stereocenters. The average molecular weight is 186 g/mol. The second kappa shape index (κ2) is 8.05. The Morgan fingerprint density at radius 3 is 2.46 bits per heavy atom. The van der Waals surface area contributed by atoms with Gasteiger partial charge in [-0.05, 0) is 18.8 Å². The van der Waals surface area contributed by atoms with Crippen LogP contribution in [-0.4, -0.2) is 19.1 Å². The Kier molecular flexibility index (Phi) is 7.69. The third-order valence-corrected chi connectivity index (χ3v) is 1.60. The van der Waals surface area contributed by atoms with Crippen molar-refractivity contribution in [3.63, 3.8) is 0 Å². The van der Waals surface area contributed by atoms with Crippen LogP contribution < -0.4 is 5.73 Å². The average Bonchev–Trinajstić information content (AvgIpc) is 2.01. The zero-order chi connectivity index (χ0) is 10.1. The summed E-state index contributed by atoms with van der Waals surface area (Å²) < 4.78 is 5.35. The second-order valence-electron chi connectivity index (χ2n) is 3.54. The fraction of sp³-hybridized carbons (Fsp3) is 0.800. The molecule has 0 spiro atoms. The molecule has 0 unspecified atom stereocenters. The van der Waals surface area contributed by atoms with E-state index in [-0.39, 0.29) is 5.91 Å². The molecular formula is C10H20NO2. The maximum absolute atomic E-state index is 10.4. The molecule has 0 aromatic carbocycles. The molecular weight excluding hydrogens is 166 g/mol. The van der Waals surface area contributed by atoms with E-state index in [0.717, 1.165) is 32.5 Å². The Balaban J connectivity index is 2.96. The molecule has 0 heterocycles. The van der Waals surface area contributed by atoms with Crippen molar-refractivity contribution < 1.29 is 9.53 Å². The normalized spacial score (nSPS) is 10.7. The minimum atomic E-state index is -0.210. The van der Waals surface area contributed by atoms with Gasteiger partial charge in [-0.15, -0.1) is 0 Å². The highest BCUT2D eigenvalue weighted by molar-refractivity contribution is 5.73. The molecule has 0 saturated heterocycles. The number of carbonyl (C=O) groups excluding carboxylic acids is 1. The number of carbonyl (C=O) groups is 1. The fourth-order valence-electron chi connectivity index (χ4n) is 0.956. The van der Waals surface area contributed by atoms with Crippen LogP contribution in [0.2, 0.25) is 0 Å². The molecule has 0 aromatic rings. The number of hydrogen-bond donors (Lipinski definition) is 1. The van der Waals surface area contributed by atoms with Crippen molar-refractivity contribution in [2.24, 2.45) is 5.73 Å². The molecule has 1 amide bonds. The Labute approximate surface area is 80.6 Å². The van der Waals surface area contributed by atoms with Gasteiger partial charge in [-0.25, -0.2) is 0 Å². The summed E-state index contributed by atoms with van der Waals surface area (Å²) >= 11 is 0. The molecule has 0 saturated carbocycles. The van der Waals surface area contributed by atoms with E-state index in [1.165, 1.54) is 5.92 Å². The molecule has 2 N–H and O–H groups in total. The number of amides is 1. The SMILES string of the molecule is C[C](C)COCCCCCC(N)=O. The van der Waals surface area contributed by atoms with Crippen LogP contribution in [0.5, 0.6) is 0 Å². The van der Waals surface area contributed by atoms with Crippen molar-refractivity contribution in [1.82, 2.24) is 0 Å². The van der Waals surface area contributed by atoms with E-state index in [1.54, 1.807) is 0 Å². The van der Waals surface area contributed by atoms with Crippen LogP contribution in [0.25, 0.3) is 0 Å². The summed E-state index contributed by atoms with van der Waals surface area (Å²) in [6.07, 6.45) is 3.42. The molecule has 0 bridgehead atoms. The lowest BCUT2D eigenvalue weighted by molar-refractivity contribution is -0.118. The van der Waals surface area contributed by atoms with E-state index >= 15 is 0 Å².